The Kier molecular flexibility index (Phi) is 3.70. The third-order valence-electron chi connectivity index (χ3n) is 4.52. The summed E-state index contributed by atoms with van der Waals surface area (Å²) in [6, 6.07) is 2.73. The third-order valence-corrected chi connectivity index (χ3v) is 4.81. The Morgan fingerprint density at radius 3 is 2.85 bits per heavy atom. The lowest BCUT2D eigenvalue weighted by Gasteiger charge is -2.42. The van der Waals surface area contributed by atoms with E-state index in [1.54, 1.807) is 0 Å². The molecule has 1 fully saturated rings. The first kappa shape index (κ1) is 16.9. The number of aromatic nitrogens is 3. The highest BCUT2D eigenvalue weighted by molar-refractivity contribution is 6.34. The zero-order chi connectivity index (χ0) is 18.5. The van der Waals surface area contributed by atoms with E-state index in [1.807, 2.05) is 0 Å². The predicted molar refractivity (Wildman–Crippen MR) is 88.9 cm³/mol. The van der Waals surface area contributed by atoms with E-state index in [1.165, 1.54) is 24.7 Å². The van der Waals surface area contributed by atoms with Gasteiger partial charge in [0.15, 0.2) is 5.66 Å². The van der Waals surface area contributed by atoms with Crippen molar-refractivity contribution in [2.75, 3.05) is 18.4 Å². The molecule has 2 aliphatic rings. The van der Waals surface area contributed by atoms with Gasteiger partial charge in [-0.25, -0.2) is 18.7 Å². The summed E-state index contributed by atoms with van der Waals surface area (Å²) in [5.74, 6) is -3.86. The molecule has 3 N–H and O–H groups in total. The quantitative estimate of drug-likeness (QED) is 0.718. The normalized spacial score (nSPS) is 23.6. The number of nitrogens with zero attached hydrogens (tertiary/aromatic N) is 3. The second-order valence-corrected chi connectivity index (χ2v) is 6.47. The molecule has 1 spiro atoms. The molecule has 1 atom stereocenters. The van der Waals surface area contributed by atoms with Crippen molar-refractivity contribution in [3.05, 3.63) is 45.7 Å². The second kappa shape index (κ2) is 5.71. The van der Waals surface area contributed by atoms with Crippen molar-refractivity contribution in [2.24, 2.45) is 0 Å². The summed E-state index contributed by atoms with van der Waals surface area (Å²) in [5.41, 5.74) is -3.37. The molecule has 1 saturated heterocycles. The van der Waals surface area contributed by atoms with E-state index in [0.29, 0.717) is 0 Å². The molecule has 11 heteroatoms. The number of anilines is 2. The van der Waals surface area contributed by atoms with Crippen LogP contribution in [0.2, 0.25) is 5.02 Å². The maximum Gasteiger partial charge on any atom is 0.291 e. The number of amides is 1. The molecule has 0 saturated carbocycles. The molecule has 0 radical (unpaired) electrons. The van der Waals surface area contributed by atoms with Crippen LogP contribution < -0.4 is 21.5 Å². The fourth-order valence-electron chi connectivity index (χ4n) is 3.28. The Labute approximate surface area is 150 Å². The predicted octanol–water partition coefficient (Wildman–Crippen LogP) is 1.06. The second-order valence-electron chi connectivity index (χ2n) is 6.06. The van der Waals surface area contributed by atoms with E-state index < -0.39 is 29.5 Å². The Balaban J connectivity index is 1.92. The van der Waals surface area contributed by atoms with E-state index in [-0.39, 0.29) is 35.3 Å². The fourth-order valence-corrected chi connectivity index (χ4v) is 3.56. The first-order chi connectivity index (χ1) is 12.4. The standard InChI is InChI=1S/C15H13ClF2N6O2/c16-8-5-9(22-10-1-3-20-7-21-10)13(26)24-11(8)12(25)23-15(24)6-19-4-2-14(15,17)18/h1,3,5,7,19H,2,4,6H2,(H,23,25)(H,20,21,22)/t15-/m0/s1. The van der Waals surface area contributed by atoms with Gasteiger partial charge in [0.1, 0.15) is 23.5 Å². The van der Waals surface area contributed by atoms with Crippen molar-refractivity contribution in [2.45, 2.75) is 18.0 Å². The highest BCUT2D eigenvalue weighted by atomic mass is 35.5. The van der Waals surface area contributed by atoms with Crippen LogP contribution in [0, 0.1) is 0 Å². The van der Waals surface area contributed by atoms with E-state index in [9.17, 15) is 18.4 Å². The lowest BCUT2D eigenvalue weighted by atomic mass is 9.95. The monoisotopic (exact) mass is 382 g/mol. The van der Waals surface area contributed by atoms with Gasteiger partial charge in [0, 0.05) is 25.7 Å². The largest absolute Gasteiger partial charge is 0.336 e. The highest BCUT2D eigenvalue weighted by Crippen LogP contribution is 2.42. The number of rotatable bonds is 2. The minimum absolute atomic E-state index is 0.0707. The molecule has 0 bridgehead atoms. The first-order valence-corrected chi connectivity index (χ1v) is 8.14. The minimum atomic E-state index is -3.33. The van der Waals surface area contributed by atoms with Gasteiger partial charge in [0.25, 0.3) is 17.4 Å². The average molecular weight is 383 g/mol. The van der Waals surface area contributed by atoms with Crippen LogP contribution in [0.15, 0.2) is 29.5 Å². The summed E-state index contributed by atoms with van der Waals surface area (Å²) in [6.07, 6.45) is 2.19. The fraction of sp³-hybridized carbons (Fsp3) is 0.333. The molecule has 8 nitrogen and oxygen atoms in total. The molecule has 0 unspecified atom stereocenters. The maximum absolute atomic E-state index is 14.8. The van der Waals surface area contributed by atoms with Crippen molar-refractivity contribution in [3.63, 3.8) is 0 Å². The van der Waals surface area contributed by atoms with Crippen LogP contribution in [0.4, 0.5) is 20.3 Å². The molecule has 136 valence electrons. The summed E-state index contributed by atoms with van der Waals surface area (Å²) in [7, 11) is 0. The van der Waals surface area contributed by atoms with Gasteiger partial charge >= 0.3 is 0 Å². The van der Waals surface area contributed by atoms with Gasteiger partial charge in [-0.1, -0.05) is 11.6 Å². The van der Waals surface area contributed by atoms with Gasteiger partial charge in [0.05, 0.1) is 5.02 Å². The van der Waals surface area contributed by atoms with E-state index >= 15 is 0 Å². The molecule has 4 heterocycles. The molecule has 2 aliphatic heterocycles. The van der Waals surface area contributed by atoms with E-state index in [0.717, 1.165) is 4.57 Å². The first-order valence-electron chi connectivity index (χ1n) is 7.76. The maximum atomic E-state index is 14.8. The number of halogens is 3. The van der Waals surface area contributed by atoms with Crippen molar-refractivity contribution in [1.82, 2.24) is 25.2 Å². The number of piperidine rings is 1. The van der Waals surface area contributed by atoms with Crippen molar-refractivity contribution >= 4 is 29.0 Å². The lowest BCUT2D eigenvalue weighted by Crippen LogP contribution is -2.67. The SMILES string of the molecule is O=C1N[C@@]2(CNCCC2(F)F)n2c1c(Cl)cc(Nc1ccncn1)c2=O. The van der Waals surface area contributed by atoms with Crippen LogP contribution >= 0.6 is 11.6 Å². The zero-order valence-electron chi connectivity index (χ0n) is 13.2. The number of nitrogens with one attached hydrogen (secondary N) is 3. The van der Waals surface area contributed by atoms with Crippen LogP contribution in [0.25, 0.3) is 0 Å². The van der Waals surface area contributed by atoms with Gasteiger partial charge in [-0.3, -0.25) is 14.2 Å². The number of hydrogen-bond donors (Lipinski definition) is 3. The van der Waals surface area contributed by atoms with Crippen molar-refractivity contribution in [1.29, 1.82) is 0 Å². The zero-order valence-corrected chi connectivity index (χ0v) is 14.0. The molecule has 2 aromatic rings. The molecule has 26 heavy (non-hydrogen) atoms. The Morgan fingerprint density at radius 2 is 2.15 bits per heavy atom. The molecule has 4 rings (SSSR count). The van der Waals surface area contributed by atoms with Crippen molar-refractivity contribution in [3.8, 4) is 0 Å². The van der Waals surface area contributed by atoms with Gasteiger partial charge < -0.3 is 16.0 Å². The number of fused-ring (bicyclic) bond motifs is 2. The molecule has 2 aromatic heterocycles. The molecular formula is C15H13ClF2N6O2. The van der Waals surface area contributed by atoms with Gasteiger partial charge in [-0.05, 0) is 12.1 Å². The van der Waals surface area contributed by atoms with E-state index in [2.05, 4.69) is 25.9 Å². The lowest BCUT2D eigenvalue weighted by molar-refractivity contribution is -0.138. The summed E-state index contributed by atoms with van der Waals surface area (Å²) in [6.45, 7) is -0.229. The summed E-state index contributed by atoms with van der Waals surface area (Å²) >= 11 is 6.14. The van der Waals surface area contributed by atoms with Gasteiger partial charge in [-0.15, -0.1) is 0 Å². The number of alkyl halides is 2. The number of pyridine rings is 1. The van der Waals surface area contributed by atoms with Gasteiger partial charge in [-0.2, -0.15) is 0 Å². The van der Waals surface area contributed by atoms with Crippen LogP contribution in [-0.4, -0.2) is 39.5 Å². The smallest absolute Gasteiger partial charge is 0.291 e. The van der Waals surface area contributed by atoms with Crippen molar-refractivity contribution < 1.29 is 13.6 Å². The summed E-state index contributed by atoms with van der Waals surface area (Å²) < 4.78 is 30.3. The Hall–Kier alpha value is -2.59. The minimum Gasteiger partial charge on any atom is -0.336 e. The Bertz CT molecular complexity index is 951. The molecule has 0 aromatic carbocycles. The highest BCUT2D eigenvalue weighted by Gasteiger charge is 2.62. The van der Waals surface area contributed by atoms with Crippen LogP contribution in [0.5, 0.6) is 0 Å². The van der Waals surface area contributed by atoms with E-state index in [4.69, 9.17) is 11.6 Å². The summed E-state index contributed by atoms with van der Waals surface area (Å²) in [5, 5.41) is 7.70. The third kappa shape index (κ3) is 2.29. The van der Waals surface area contributed by atoms with Crippen LogP contribution in [-0.2, 0) is 5.66 Å². The molecule has 1 amide bonds. The van der Waals surface area contributed by atoms with Crippen LogP contribution in [0.1, 0.15) is 16.9 Å². The molecule has 0 aliphatic carbocycles. The number of carbonyl (C=O) groups is 1. The number of carbonyl (C=O) groups excluding carboxylic acids is 1. The number of hydrogen-bond acceptors (Lipinski definition) is 6. The van der Waals surface area contributed by atoms with Crippen LogP contribution in [0.3, 0.4) is 0 Å². The average Bonchev–Trinajstić information content (AvgIpc) is 2.91. The topological polar surface area (TPSA) is 101 Å². The molecular weight excluding hydrogens is 370 g/mol. The van der Waals surface area contributed by atoms with Gasteiger partial charge in [0.2, 0.25) is 0 Å². The Morgan fingerprint density at radius 1 is 1.35 bits per heavy atom. The summed E-state index contributed by atoms with van der Waals surface area (Å²) in [4.78, 5) is 33.0.